The molecule has 3 nitrogen and oxygen atoms in total. The summed E-state index contributed by atoms with van der Waals surface area (Å²) in [6.45, 7) is 2.84. The number of rotatable bonds is 6. The molecule has 2 N–H and O–H groups in total. The Morgan fingerprint density at radius 3 is 2.56 bits per heavy atom. The maximum Gasteiger partial charge on any atom is 0.251 e. The van der Waals surface area contributed by atoms with Crippen molar-refractivity contribution in [1.82, 2.24) is 10.6 Å². The highest BCUT2D eigenvalue weighted by Crippen LogP contribution is 2.05. The van der Waals surface area contributed by atoms with Crippen LogP contribution in [0.1, 0.15) is 35.7 Å². The van der Waals surface area contributed by atoms with Gasteiger partial charge in [0.2, 0.25) is 0 Å². The lowest BCUT2D eigenvalue weighted by atomic mass is 10.1. The molecule has 0 aliphatic carbocycles. The van der Waals surface area contributed by atoms with E-state index < -0.39 is 0 Å². The lowest BCUT2D eigenvalue weighted by molar-refractivity contribution is 0.0963. The Kier molecular flexibility index (Phi) is 5.96. The van der Waals surface area contributed by atoms with Gasteiger partial charge in [0, 0.05) is 19.2 Å². The lowest BCUT2D eigenvalue weighted by Crippen LogP contribution is -2.26. The Morgan fingerprint density at radius 1 is 1.39 bits per heavy atom. The second-order valence-electron chi connectivity index (χ2n) is 4.16. The molecule has 1 aromatic carbocycles. The van der Waals surface area contributed by atoms with Crippen molar-refractivity contribution >= 4 is 5.91 Å². The van der Waals surface area contributed by atoms with Crippen molar-refractivity contribution in [2.45, 2.75) is 32.4 Å². The third-order valence-electron chi connectivity index (χ3n) is 2.77. The van der Waals surface area contributed by atoms with E-state index in [1.165, 1.54) is 0 Å². The molecule has 0 bridgehead atoms. The molecule has 0 saturated heterocycles. The summed E-state index contributed by atoms with van der Waals surface area (Å²) in [6.07, 6.45) is 7.49. The molecule has 1 unspecified atom stereocenters. The standard InChI is InChI=1S/C15H20N2O/c1-4-6-14(5-2)17-11-12-7-9-13(10-8-12)15(18)16-3/h2,7-10,14,17H,4,6,11H2,1,3H3,(H,16,18). The predicted molar refractivity (Wildman–Crippen MR) is 74.2 cm³/mol. The summed E-state index contributed by atoms with van der Waals surface area (Å²) in [5, 5.41) is 5.91. The first-order valence-corrected chi connectivity index (χ1v) is 6.21. The smallest absolute Gasteiger partial charge is 0.251 e. The predicted octanol–water partition coefficient (Wildman–Crippen LogP) is 1.94. The molecule has 0 aliphatic rings. The van der Waals surface area contributed by atoms with Crippen LogP contribution in [0.25, 0.3) is 0 Å². The molecule has 96 valence electrons. The van der Waals surface area contributed by atoms with E-state index in [9.17, 15) is 4.79 Å². The Morgan fingerprint density at radius 2 is 2.06 bits per heavy atom. The van der Waals surface area contributed by atoms with Crippen molar-refractivity contribution in [2.24, 2.45) is 0 Å². The van der Waals surface area contributed by atoms with Gasteiger partial charge in [0.05, 0.1) is 6.04 Å². The Balaban J connectivity index is 2.54. The van der Waals surface area contributed by atoms with Crippen LogP contribution in [0.4, 0.5) is 0 Å². The highest BCUT2D eigenvalue weighted by molar-refractivity contribution is 5.93. The van der Waals surface area contributed by atoms with E-state index in [4.69, 9.17) is 6.42 Å². The van der Waals surface area contributed by atoms with Crippen LogP contribution in [0.5, 0.6) is 0 Å². The van der Waals surface area contributed by atoms with Crippen LogP contribution in [-0.2, 0) is 6.54 Å². The third-order valence-corrected chi connectivity index (χ3v) is 2.77. The first kappa shape index (κ1) is 14.3. The van der Waals surface area contributed by atoms with Gasteiger partial charge in [-0.3, -0.25) is 10.1 Å². The molecule has 0 radical (unpaired) electrons. The minimum atomic E-state index is -0.0676. The van der Waals surface area contributed by atoms with Crippen LogP contribution in [0.3, 0.4) is 0 Å². The minimum absolute atomic E-state index is 0.0676. The Hall–Kier alpha value is -1.79. The van der Waals surface area contributed by atoms with Crippen molar-refractivity contribution in [3.05, 3.63) is 35.4 Å². The Labute approximate surface area is 109 Å². The topological polar surface area (TPSA) is 41.1 Å². The normalized spacial score (nSPS) is 11.6. The number of terminal acetylenes is 1. The molecule has 1 atom stereocenters. The van der Waals surface area contributed by atoms with Gasteiger partial charge in [-0.1, -0.05) is 31.4 Å². The first-order chi connectivity index (χ1) is 8.71. The van der Waals surface area contributed by atoms with E-state index in [1.54, 1.807) is 7.05 Å². The van der Waals surface area contributed by atoms with Crippen molar-refractivity contribution in [2.75, 3.05) is 7.05 Å². The van der Waals surface area contributed by atoms with Crippen LogP contribution < -0.4 is 10.6 Å². The molecule has 0 aliphatic heterocycles. The van der Waals surface area contributed by atoms with Crippen molar-refractivity contribution in [3.63, 3.8) is 0 Å². The van der Waals surface area contributed by atoms with E-state index in [0.717, 1.165) is 24.9 Å². The summed E-state index contributed by atoms with van der Waals surface area (Å²) in [7, 11) is 1.63. The first-order valence-electron chi connectivity index (χ1n) is 6.21. The van der Waals surface area contributed by atoms with Crippen molar-refractivity contribution in [3.8, 4) is 12.3 Å². The van der Waals surface area contributed by atoms with Gasteiger partial charge in [0.25, 0.3) is 5.91 Å². The van der Waals surface area contributed by atoms with E-state index >= 15 is 0 Å². The van der Waals surface area contributed by atoms with Crippen molar-refractivity contribution < 1.29 is 4.79 Å². The summed E-state index contributed by atoms with van der Waals surface area (Å²) in [5.41, 5.74) is 1.79. The van der Waals surface area contributed by atoms with Gasteiger partial charge >= 0.3 is 0 Å². The zero-order valence-corrected chi connectivity index (χ0v) is 11.0. The van der Waals surface area contributed by atoms with E-state index in [-0.39, 0.29) is 11.9 Å². The van der Waals surface area contributed by atoms with Gasteiger partial charge in [0.15, 0.2) is 0 Å². The minimum Gasteiger partial charge on any atom is -0.355 e. The van der Waals surface area contributed by atoms with Crippen LogP contribution in [0.2, 0.25) is 0 Å². The van der Waals surface area contributed by atoms with Gasteiger partial charge in [-0.05, 0) is 24.1 Å². The van der Waals surface area contributed by atoms with E-state index in [2.05, 4.69) is 23.5 Å². The second-order valence-corrected chi connectivity index (χ2v) is 4.16. The summed E-state index contributed by atoms with van der Waals surface area (Å²) in [6, 6.07) is 7.64. The fourth-order valence-corrected chi connectivity index (χ4v) is 1.69. The molecule has 0 heterocycles. The van der Waals surface area contributed by atoms with Crippen LogP contribution >= 0.6 is 0 Å². The molecule has 18 heavy (non-hydrogen) atoms. The molecule has 0 spiro atoms. The summed E-state index contributed by atoms with van der Waals surface area (Å²) in [4.78, 5) is 11.4. The summed E-state index contributed by atoms with van der Waals surface area (Å²) < 4.78 is 0. The number of benzene rings is 1. The SMILES string of the molecule is C#CC(CCC)NCc1ccc(C(=O)NC)cc1. The van der Waals surface area contributed by atoms with E-state index in [1.807, 2.05) is 24.3 Å². The highest BCUT2D eigenvalue weighted by Gasteiger charge is 2.04. The maximum atomic E-state index is 11.4. The number of carbonyl (C=O) groups is 1. The van der Waals surface area contributed by atoms with Crippen LogP contribution in [-0.4, -0.2) is 19.0 Å². The fraction of sp³-hybridized carbons (Fsp3) is 0.400. The summed E-state index contributed by atoms with van der Waals surface area (Å²) >= 11 is 0. The molecule has 0 aromatic heterocycles. The maximum absolute atomic E-state index is 11.4. The summed E-state index contributed by atoms with van der Waals surface area (Å²) in [5.74, 6) is 2.67. The van der Waals surface area contributed by atoms with Gasteiger partial charge in [-0.15, -0.1) is 6.42 Å². The zero-order chi connectivity index (χ0) is 13.4. The van der Waals surface area contributed by atoms with Gasteiger partial charge < -0.3 is 5.32 Å². The molecular weight excluding hydrogens is 224 g/mol. The number of hydrogen-bond donors (Lipinski definition) is 2. The van der Waals surface area contributed by atoms with Gasteiger partial charge in [0.1, 0.15) is 0 Å². The fourth-order valence-electron chi connectivity index (χ4n) is 1.69. The van der Waals surface area contributed by atoms with Crippen molar-refractivity contribution in [1.29, 1.82) is 0 Å². The molecule has 0 fully saturated rings. The molecule has 0 saturated carbocycles. The highest BCUT2D eigenvalue weighted by atomic mass is 16.1. The lowest BCUT2D eigenvalue weighted by Gasteiger charge is -2.12. The number of nitrogens with one attached hydrogen (secondary N) is 2. The zero-order valence-electron chi connectivity index (χ0n) is 11.0. The van der Waals surface area contributed by atoms with Crippen LogP contribution in [0.15, 0.2) is 24.3 Å². The van der Waals surface area contributed by atoms with Gasteiger partial charge in [-0.2, -0.15) is 0 Å². The monoisotopic (exact) mass is 244 g/mol. The third kappa shape index (κ3) is 4.23. The molecular formula is C15H20N2O. The number of hydrogen-bond acceptors (Lipinski definition) is 2. The largest absolute Gasteiger partial charge is 0.355 e. The average molecular weight is 244 g/mol. The van der Waals surface area contributed by atoms with Crippen LogP contribution in [0, 0.1) is 12.3 Å². The number of amides is 1. The molecule has 1 amide bonds. The van der Waals surface area contributed by atoms with E-state index in [0.29, 0.717) is 5.56 Å². The number of carbonyl (C=O) groups excluding carboxylic acids is 1. The Bertz CT molecular complexity index is 417. The second kappa shape index (κ2) is 7.52. The molecule has 1 rings (SSSR count). The average Bonchev–Trinajstić information content (AvgIpc) is 2.43. The molecule has 3 heteroatoms. The molecule has 1 aromatic rings. The van der Waals surface area contributed by atoms with Gasteiger partial charge in [-0.25, -0.2) is 0 Å². The quantitative estimate of drug-likeness (QED) is 0.751.